The number of hydrogen-bond acceptors (Lipinski definition) is 5. The zero-order valence-corrected chi connectivity index (χ0v) is 11.6. The highest BCUT2D eigenvalue weighted by Gasteiger charge is 2.11. The van der Waals surface area contributed by atoms with Gasteiger partial charge in [-0.2, -0.15) is 5.26 Å². The second kappa shape index (κ2) is 7.77. The highest BCUT2D eigenvalue weighted by atomic mass is 35.5. The van der Waals surface area contributed by atoms with Crippen LogP contribution in [0.2, 0.25) is 5.02 Å². The summed E-state index contributed by atoms with van der Waals surface area (Å²) in [6.07, 6.45) is 1.03. The molecular weight excluding hydrogens is 296 g/mol. The van der Waals surface area contributed by atoms with E-state index in [1.165, 1.54) is 12.1 Å². The fourth-order valence-corrected chi connectivity index (χ4v) is 1.56. The number of carboxylic acid groups (broad SMARTS) is 1. The van der Waals surface area contributed by atoms with Crippen LogP contribution in [-0.2, 0) is 9.59 Å². The molecule has 0 aliphatic rings. The van der Waals surface area contributed by atoms with E-state index in [0.29, 0.717) is 11.4 Å². The number of nitrogens with one attached hydrogen (secondary N) is 2. The van der Waals surface area contributed by atoms with E-state index in [1.807, 2.05) is 0 Å². The molecule has 5 N–H and O–H groups in total. The van der Waals surface area contributed by atoms with Crippen LogP contribution < -0.4 is 16.4 Å². The molecule has 0 radical (unpaired) electrons. The van der Waals surface area contributed by atoms with Gasteiger partial charge in [0.2, 0.25) is 0 Å². The lowest BCUT2D eigenvalue weighted by Gasteiger charge is -2.07. The lowest BCUT2D eigenvalue weighted by molar-refractivity contribution is -0.136. The van der Waals surface area contributed by atoms with E-state index in [0.717, 1.165) is 6.20 Å². The molecule has 0 fully saturated rings. The number of rotatable bonds is 6. The average molecular weight is 309 g/mol. The Bertz CT molecular complexity index is 622. The summed E-state index contributed by atoms with van der Waals surface area (Å²) in [5, 5.41) is 22.7. The maximum Gasteiger partial charge on any atom is 0.305 e. The number of nitrogen functional groups attached to an aromatic ring is 1. The van der Waals surface area contributed by atoms with Crippen molar-refractivity contribution in [3.8, 4) is 6.07 Å². The molecule has 0 saturated heterocycles. The van der Waals surface area contributed by atoms with Gasteiger partial charge in [-0.3, -0.25) is 9.59 Å². The first kappa shape index (κ1) is 16.3. The largest absolute Gasteiger partial charge is 0.481 e. The smallest absolute Gasteiger partial charge is 0.305 e. The first-order chi connectivity index (χ1) is 9.93. The lowest BCUT2D eigenvalue weighted by atomic mass is 10.2. The Hall–Kier alpha value is -2.72. The molecule has 1 aromatic carbocycles. The van der Waals surface area contributed by atoms with Crippen LogP contribution in [0.5, 0.6) is 0 Å². The predicted octanol–water partition coefficient (Wildman–Crippen LogP) is 1.33. The minimum atomic E-state index is -0.979. The number of benzene rings is 1. The zero-order chi connectivity index (χ0) is 15.8. The predicted molar refractivity (Wildman–Crippen MR) is 78.4 cm³/mol. The van der Waals surface area contributed by atoms with Crippen molar-refractivity contribution in [3.05, 3.63) is 35.0 Å². The van der Waals surface area contributed by atoms with E-state index in [1.54, 1.807) is 12.1 Å². The van der Waals surface area contributed by atoms with Crippen molar-refractivity contribution in [2.45, 2.75) is 6.42 Å². The number of halogens is 1. The number of nitrogens with two attached hydrogens (primary N) is 1. The van der Waals surface area contributed by atoms with Crippen LogP contribution in [0, 0.1) is 11.3 Å². The Morgan fingerprint density at radius 1 is 1.48 bits per heavy atom. The third kappa shape index (κ3) is 5.42. The highest BCUT2D eigenvalue weighted by Crippen LogP contribution is 2.24. The Morgan fingerprint density at radius 2 is 2.19 bits per heavy atom. The molecule has 0 bridgehead atoms. The summed E-state index contributed by atoms with van der Waals surface area (Å²) in [6, 6.07) is 6.26. The molecule has 0 atom stereocenters. The van der Waals surface area contributed by atoms with Gasteiger partial charge in [0, 0.05) is 18.4 Å². The summed E-state index contributed by atoms with van der Waals surface area (Å²) >= 11 is 5.91. The highest BCUT2D eigenvalue weighted by molar-refractivity contribution is 6.34. The Morgan fingerprint density at radius 3 is 2.76 bits per heavy atom. The Balaban J connectivity index is 2.69. The van der Waals surface area contributed by atoms with Crippen LogP contribution >= 0.6 is 11.6 Å². The van der Waals surface area contributed by atoms with Crippen molar-refractivity contribution in [2.24, 2.45) is 0 Å². The summed E-state index contributed by atoms with van der Waals surface area (Å²) in [5.41, 5.74) is 6.10. The number of aliphatic carboxylic acids is 1. The third-order valence-corrected chi connectivity index (χ3v) is 2.65. The first-order valence-electron chi connectivity index (χ1n) is 5.86. The number of hydrogen-bond donors (Lipinski definition) is 4. The maximum atomic E-state index is 11.9. The second-order valence-electron chi connectivity index (χ2n) is 3.96. The molecule has 1 aromatic rings. The van der Waals surface area contributed by atoms with Gasteiger partial charge in [0.15, 0.2) is 0 Å². The number of nitrogens with zero attached hydrogens (tertiary/aromatic N) is 1. The van der Waals surface area contributed by atoms with Crippen LogP contribution in [0.25, 0.3) is 0 Å². The van der Waals surface area contributed by atoms with E-state index >= 15 is 0 Å². The minimum absolute atomic E-state index is 0.108. The van der Waals surface area contributed by atoms with Gasteiger partial charge < -0.3 is 21.5 Å². The summed E-state index contributed by atoms with van der Waals surface area (Å²) in [7, 11) is 0. The molecule has 0 aliphatic carbocycles. The number of amides is 1. The van der Waals surface area contributed by atoms with Gasteiger partial charge in [0.1, 0.15) is 11.6 Å². The molecule has 0 aliphatic heterocycles. The molecule has 7 nitrogen and oxygen atoms in total. The van der Waals surface area contributed by atoms with Crippen LogP contribution in [0.4, 0.5) is 11.4 Å². The third-order valence-electron chi connectivity index (χ3n) is 2.34. The molecule has 0 saturated carbocycles. The van der Waals surface area contributed by atoms with E-state index < -0.39 is 11.9 Å². The molecule has 0 unspecified atom stereocenters. The Kier molecular flexibility index (Phi) is 6.04. The molecule has 0 heterocycles. The number of nitriles is 1. The summed E-state index contributed by atoms with van der Waals surface area (Å²) < 4.78 is 0. The zero-order valence-electron chi connectivity index (χ0n) is 10.9. The number of carbonyl (C=O) groups is 2. The minimum Gasteiger partial charge on any atom is -0.481 e. The van der Waals surface area contributed by atoms with Gasteiger partial charge in [0.05, 0.1) is 17.1 Å². The quantitative estimate of drug-likeness (QED) is 0.272. The topological polar surface area (TPSA) is 128 Å². The molecule has 1 rings (SSSR count). The normalized spacial score (nSPS) is 10.6. The standard InChI is InChI=1S/C13H13ClN4O3/c14-10-5-9(16)1-2-11(10)18-13(21)8(6-15)7-17-4-3-12(19)20/h1-2,5,7,17H,3-4,16H2,(H,18,21)(H,19,20)/b8-7-. The SMILES string of the molecule is N#C/C(=C/NCCC(=O)O)C(=O)Nc1ccc(N)cc1Cl. The molecule has 21 heavy (non-hydrogen) atoms. The van der Waals surface area contributed by atoms with Crippen LogP contribution in [-0.4, -0.2) is 23.5 Å². The van der Waals surface area contributed by atoms with Gasteiger partial charge >= 0.3 is 5.97 Å². The molecular formula is C13H13ClN4O3. The van der Waals surface area contributed by atoms with E-state index in [9.17, 15) is 9.59 Å². The maximum absolute atomic E-state index is 11.9. The molecule has 0 aromatic heterocycles. The monoisotopic (exact) mass is 308 g/mol. The number of anilines is 2. The fourth-order valence-electron chi connectivity index (χ4n) is 1.32. The van der Waals surface area contributed by atoms with Crippen molar-refractivity contribution in [1.82, 2.24) is 5.32 Å². The molecule has 8 heteroatoms. The first-order valence-corrected chi connectivity index (χ1v) is 6.23. The van der Waals surface area contributed by atoms with Crippen LogP contribution in [0.1, 0.15) is 6.42 Å². The van der Waals surface area contributed by atoms with Gasteiger partial charge in [-0.1, -0.05) is 11.6 Å². The van der Waals surface area contributed by atoms with Crippen molar-refractivity contribution < 1.29 is 14.7 Å². The van der Waals surface area contributed by atoms with Gasteiger partial charge in [-0.25, -0.2) is 0 Å². The van der Waals surface area contributed by atoms with E-state index in [4.69, 9.17) is 27.7 Å². The molecule has 0 spiro atoms. The summed E-state index contributed by atoms with van der Waals surface area (Å²) in [6.45, 7) is 0.108. The second-order valence-corrected chi connectivity index (χ2v) is 4.37. The van der Waals surface area contributed by atoms with Gasteiger partial charge in [-0.05, 0) is 18.2 Å². The summed E-state index contributed by atoms with van der Waals surface area (Å²) in [5.74, 6) is -1.64. The Labute approximate surface area is 126 Å². The fraction of sp³-hybridized carbons (Fsp3) is 0.154. The average Bonchev–Trinajstić information content (AvgIpc) is 2.41. The van der Waals surface area contributed by atoms with Crippen molar-refractivity contribution >= 4 is 34.9 Å². The lowest BCUT2D eigenvalue weighted by Crippen LogP contribution is -2.18. The van der Waals surface area contributed by atoms with E-state index in [-0.39, 0.29) is 23.6 Å². The molecule has 1 amide bonds. The van der Waals surface area contributed by atoms with Crippen molar-refractivity contribution in [3.63, 3.8) is 0 Å². The van der Waals surface area contributed by atoms with Gasteiger partial charge in [0.25, 0.3) is 5.91 Å². The summed E-state index contributed by atoms with van der Waals surface area (Å²) in [4.78, 5) is 22.2. The van der Waals surface area contributed by atoms with E-state index in [2.05, 4.69) is 10.6 Å². The van der Waals surface area contributed by atoms with Crippen molar-refractivity contribution in [2.75, 3.05) is 17.6 Å². The van der Waals surface area contributed by atoms with Crippen molar-refractivity contribution in [1.29, 1.82) is 5.26 Å². The van der Waals surface area contributed by atoms with Crippen LogP contribution in [0.15, 0.2) is 30.0 Å². The van der Waals surface area contributed by atoms with Gasteiger partial charge in [-0.15, -0.1) is 0 Å². The number of carboxylic acids is 1. The molecule has 110 valence electrons. The number of carbonyl (C=O) groups excluding carboxylic acids is 1. The van der Waals surface area contributed by atoms with Crippen LogP contribution in [0.3, 0.4) is 0 Å².